The van der Waals surface area contributed by atoms with E-state index in [1.54, 1.807) is 5.57 Å². The Bertz CT molecular complexity index is 587. The quantitative estimate of drug-likeness (QED) is 0.685. The van der Waals surface area contributed by atoms with Crippen molar-refractivity contribution in [2.45, 2.75) is 65.4 Å². The summed E-state index contributed by atoms with van der Waals surface area (Å²) in [6.07, 6.45) is 10.4. The molecule has 6 atom stereocenters. The lowest BCUT2D eigenvalue weighted by molar-refractivity contribution is -0.116. The summed E-state index contributed by atoms with van der Waals surface area (Å²) in [7, 11) is 0. The molecule has 0 aromatic carbocycles. The van der Waals surface area contributed by atoms with E-state index in [0.717, 1.165) is 25.7 Å². The van der Waals surface area contributed by atoms with Crippen LogP contribution in [-0.2, 0) is 4.79 Å². The number of aliphatic hydroxyl groups excluding tert-OH is 1. The van der Waals surface area contributed by atoms with Gasteiger partial charge < -0.3 is 5.11 Å². The summed E-state index contributed by atoms with van der Waals surface area (Å²) in [5.74, 6) is 1.83. The number of fused-ring (bicyclic) bond motifs is 5. The highest BCUT2D eigenvalue weighted by atomic mass is 16.3. The van der Waals surface area contributed by atoms with Gasteiger partial charge in [0.15, 0.2) is 5.78 Å². The summed E-state index contributed by atoms with van der Waals surface area (Å²) < 4.78 is 0. The molecule has 0 aliphatic heterocycles. The van der Waals surface area contributed by atoms with Crippen LogP contribution >= 0.6 is 0 Å². The fourth-order valence-electron chi connectivity index (χ4n) is 6.23. The molecule has 0 bridgehead atoms. The number of carbonyl (C=O) groups excluding carboxylic acids is 1. The number of carbonyl (C=O) groups is 1. The molecule has 0 saturated heterocycles. The van der Waals surface area contributed by atoms with Crippen molar-refractivity contribution < 1.29 is 9.90 Å². The fraction of sp³-hybridized carbons (Fsp3) is 0.750. The van der Waals surface area contributed by atoms with Gasteiger partial charge in [0.05, 0.1) is 6.10 Å². The standard InChI is InChI=1S/C20H28O2/c1-12-10-14-15-4-5-18(22)20(15,3)9-7-16(14)19(2)8-6-13(21)11-17(12)19/h10-12,15-16,18,22H,4-9H2,1-3H3/t12-,15+,16+,18-,19+,20+/m1/s1. The third-order valence-corrected chi connectivity index (χ3v) is 7.63. The zero-order chi connectivity index (χ0) is 15.7. The van der Waals surface area contributed by atoms with Crippen LogP contribution in [0.2, 0.25) is 0 Å². The van der Waals surface area contributed by atoms with E-state index in [1.807, 2.05) is 6.08 Å². The van der Waals surface area contributed by atoms with Gasteiger partial charge in [0.1, 0.15) is 0 Å². The maximum atomic E-state index is 11.9. The van der Waals surface area contributed by atoms with Crippen molar-refractivity contribution in [1.82, 2.24) is 0 Å². The Hall–Kier alpha value is -0.890. The lowest BCUT2D eigenvalue weighted by Crippen LogP contribution is -2.47. The number of rotatable bonds is 0. The molecule has 0 radical (unpaired) electrons. The van der Waals surface area contributed by atoms with Gasteiger partial charge in [-0.25, -0.2) is 0 Å². The smallest absolute Gasteiger partial charge is 0.155 e. The minimum absolute atomic E-state index is 0.0874. The lowest BCUT2D eigenvalue weighted by atomic mass is 9.49. The van der Waals surface area contributed by atoms with E-state index in [0.29, 0.717) is 30.0 Å². The Morgan fingerprint density at radius 1 is 1.14 bits per heavy atom. The zero-order valence-corrected chi connectivity index (χ0v) is 14.1. The van der Waals surface area contributed by atoms with Crippen LogP contribution in [0.3, 0.4) is 0 Å². The van der Waals surface area contributed by atoms with Crippen molar-refractivity contribution in [2.24, 2.45) is 28.6 Å². The van der Waals surface area contributed by atoms with Gasteiger partial charge >= 0.3 is 0 Å². The maximum absolute atomic E-state index is 11.9. The van der Waals surface area contributed by atoms with Crippen molar-refractivity contribution in [2.75, 3.05) is 0 Å². The third-order valence-electron chi connectivity index (χ3n) is 7.63. The van der Waals surface area contributed by atoms with Crippen molar-refractivity contribution in [3.05, 3.63) is 23.3 Å². The fourth-order valence-corrected chi connectivity index (χ4v) is 6.23. The molecule has 0 unspecified atom stereocenters. The summed E-state index contributed by atoms with van der Waals surface area (Å²) in [5.41, 5.74) is 3.25. The van der Waals surface area contributed by atoms with Crippen LogP contribution in [0.25, 0.3) is 0 Å². The molecule has 2 nitrogen and oxygen atoms in total. The van der Waals surface area contributed by atoms with Crippen LogP contribution in [0.4, 0.5) is 0 Å². The molecule has 0 aromatic heterocycles. The molecule has 2 fully saturated rings. The second-order valence-electron chi connectivity index (χ2n) is 8.68. The minimum atomic E-state index is -0.132. The van der Waals surface area contributed by atoms with Gasteiger partial charge in [-0.05, 0) is 61.3 Å². The number of allylic oxidation sites excluding steroid dienone is 4. The van der Waals surface area contributed by atoms with Gasteiger partial charge in [0.2, 0.25) is 0 Å². The van der Waals surface area contributed by atoms with Crippen LogP contribution < -0.4 is 0 Å². The van der Waals surface area contributed by atoms with E-state index in [9.17, 15) is 9.90 Å². The summed E-state index contributed by atoms with van der Waals surface area (Å²) in [6, 6.07) is 0. The van der Waals surface area contributed by atoms with Crippen LogP contribution in [-0.4, -0.2) is 17.0 Å². The number of ketones is 1. The molecular weight excluding hydrogens is 272 g/mol. The summed E-state index contributed by atoms with van der Waals surface area (Å²) in [5, 5.41) is 10.5. The number of hydrogen-bond acceptors (Lipinski definition) is 2. The van der Waals surface area contributed by atoms with E-state index in [-0.39, 0.29) is 16.9 Å². The van der Waals surface area contributed by atoms with Gasteiger partial charge in [-0.15, -0.1) is 0 Å². The van der Waals surface area contributed by atoms with Gasteiger partial charge in [0, 0.05) is 11.8 Å². The SMILES string of the molecule is C[C@@H]1C=C2[C@@H]3CC[C@@H](O)[C@@]3(C)CC[C@@H]2[C@]2(C)CCC(=O)C=C12. The van der Waals surface area contributed by atoms with E-state index < -0.39 is 0 Å². The minimum Gasteiger partial charge on any atom is -0.393 e. The zero-order valence-electron chi connectivity index (χ0n) is 14.1. The van der Waals surface area contributed by atoms with E-state index in [2.05, 4.69) is 26.8 Å². The molecule has 1 N–H and O–H groups in total. The summed E-state index contributed by atoms with van der Waals surface area (Å²) in [4.78, 5) is 11.9. The molecule has 4 rings (SSSR count). The molecule has 2 saturated carbocycles. The van der Waals surface area contributed by atoms with Crippen LogP contribution in [0, 0.1) is 28.6 Å². The normalized spacial score (nSPS) is 50.6. The first-order valence-corrected chi connectivity index (χ1v) is 9.01. The van der Waals surface area contributed by atoms with Crippen LogP contribution in [0.15, 0.2) is 23.3 Å². The third kappa shape index (κ3) is 1.73. The maximum Gasteiger partial charge on any atom is 0.155 e. The lowest BCUT2D eigenvalue weighted by Gasteiger charge is -2.55. The van der Waals surface area contributed by atoms with Crippen molar-refractivity contribution in [1.29, 1.82) is 0 Å². The second-order valence-corrected chi connectivity index (χ2v) is 8.68. The van der Waals surface area contributed by atoms with Gasteiger partial charge in [-0.3, -0.25) is 4.79 Å². The molecule has 0 amide bonds. The molecule has 2 heteroatoms. The van der Waals surface area contributed by atoms with E-state index in [4.69, 9.17) is 0 Å². The first kappa shape index (κ1) is 14.7. The average molecular weight is 300 g/mol. The van der Waals surface area contributed by atoms with Gasteiger partial charge in [-0.2, -0.15) is 0 Å². The molecule has 4 aliphatic carbocycles. The Kier molecular flexibility index (Phi) is 3.05. The molecule has 0 aromatic rings. The molecule has 120 valence electrons. The summed E-state index contributed by atoms with van der Waals surface area (Å²) in [6.45, 7) is 6.95. The highest BCUT2D eigenvalue weighted by molar-refractivity contribution is 5.92. The van der Waals surface area contributed by atoms with Crippen LogP contribution in [0.1, 0.15) is 59.3 Å². The monoisotopic (exact) mass is 300 g/mol. The summed E-state index contributed by atoms with van der Waals surface area (Å²) >= 11 is 0. The first-order chi connectivity index (χ1) is 10.4. The van der Waals surface area contributed by atoms with Crippen LogP contribution in [0.5, 0.6) is 0 Å². The van der Waals surface area contributed by atoms with Gasteiger partial charge in [-0.1, -0.05) is 38.0 Å². The largest absolute Gasteiger partial charge is 0.393 e. The molecule has 4 aliphatic rings. The topological polar surface area (TPSA) is 37.3 Å². The predicted octanol–water partition coefficient (Wildman–Crippen LogP) is 4.05. The van der Waals surface area contributed by atoms with Crippen molar-refractivity contribution >= 4 is 5.78 Å². The highest BCUT2D eigenvalue weighted by Gasteiger charge is 2.56. The molecule has 0 spiro atoms. The van der Waals surface area contributed by atoms with E-state index >= 15 is 0 Å². The van der Waals surface area contributed by atoms with Crippen molar-refractivity contribution in [3.8, 4) is 0 Å². The Labute approximate surface area is 133 Å². The number of hydrogen-bond donors (Lipinski definition) is 1. The second kappa shape index (κ2) is 4.56. The van der Waals surface area contributed by atoms with Gasteiger partial charge in [0.25, 0.3) is 0 Å². The Morgan fingerprint density at radius 3 is 2.68 bits per heavy atom. The average Bonchev–Trinajstić information content (AvgIpc) is 2.77. The highest BCUT2D eigenvalue weighted by Crippen LogP contribution is 2.64. The molecule has 0 heterocycles. The Balaban J connectivity index is 1.81. The first-order valence-electron chi connectivity index (χ1n) is 9.01. The molecular formula is C20H28O2. The predicted molar refractivity (Wildman–Crippen MR) is 87.2 cm³/mol. The molecule has 22 heavy (non-hydrogen) atoms. The van der Waals surface area contributed by atoms with E-state index in [1.165, 1.54) is 12.0 Å². The van der Waals surface area contributed by atoms with Crippen molar-refractivity contribution in [3.63, 3.8) is 0 Å². The Morgan fingerprint density at radius 2 is 1.91 bits per heavy atom. The number of aliphatic hydroxyl groups is 1.